The van der Waals surface area contributed by atoms with E-state index in [0.29, 0.717) is 12.0 Å². The highest BCUT2D eigenvalue weighted by atomic mass is 16.6. The van der Waals surface area contributed by atoms with Crippen molar-refractivity contribution in [3.63, 3.8) is 0 Å². The molecule has 0 spiro atoms. The van der Waals surface area contributed by atoms with E-state index in [-0.39, 0.29) is 5.78 Å². The minimum absolute atomic E-state index is 0.328. The summed E-state index contributed by atoms with van der Waals surface area (Å²) in [6.07, 6.45) is 2.96. The molecule has 0 aliphatic rings. The van der Waals surface area contributed by atoms with Crippen molar-refractivity contribution < 1.29 is 9.72 Å². The van der Waals surface area contributed by atoms with Crippen LogP contribution in [-0.2, 0) is 0 Å². The lowest BCUT2D eigenvalue weighted by molar-refractivity contribution is -0.506. The summed E-state index contributed by atoms with van der Waals surface area (Å²) in [7, 11) is 0. The molecule has 1 rings (SSSR count). The first-order valence-corrected chi connectivity index (χ1v) is 5.89. The third-order valence-electron chi connectivity index (χ3n) is 2.70. The first-order chi connectivity index (χ1) is 8.16. The Labute approximate surface area is 101 Å². The van der Waals surface area contributed by atoms with Gasteiger partial charge in [-0.05, 0) is 6.42 Å². The molecule has 4 heteroatoms. The Morgan fingerprint density at radius 1 is 1.29 bits per heavy atom. The topological polar surface area (TPSA) is 60.2 Å². The second-order valence-electron chi connectivity index (χ2n) is 4.03. The molecular weight excluding hydrogens is 218 g/mol. The molecule has 0 aliphatic heterocycles. The summed E-state index contributed by atoms with van der Waals surface area (Å²) < 4.78 is 0. The second kappa shape index (κ2) is 6.78. The fourth-order valence-corrected chi connectivity index (χ4v) is 1.71. The molecule has 0 amide bonds. The summed E-state index contributed by atoms with van der Waals surface area (Å²) in [5.74, 6) is -0.383. The normalized spacial score (nSPS) is 12.1. The molecule has 0 saturated carbocycles. The van der Waals surface area contributed by atoms with Crippen LogP contribution in [0.4, 0.5) is 0 Å². The fourth-order valence-electron chi connectivity index (χ4n) is 1.71. The van der Waals surface area contributed by atoms with Gasteiger partial charge in [0.25, 0.3) is 6.04 Å². The summed E-state index contributed by atoms with van der Waals surface area (Å²) in [5.41, 5.74) is 0.422. The molecule has 17 heavy (non-hydrogen) atoms. The van der Waals surface area contributed by atoms with Crippen molar-refractivity contribution in [1.29, 1.82) is 0 Å². The predicted molar refractivity (Wildman–Crippen MR) is 65.7 cm³/mol. The minimum atomic E-state index is -1.09. The molecule has 1 aromatic rings. The maximum atomic E-state index is 11.9. The van der Waals surface area contributed by atoms with Crippen LogP contribution in [0, 0.1) is 10.1 Å². The second-order valence-corrected chi connectivity index (χ2v) is 4.03. The van der Waals surface area contributed by atoms with Crippen LogP contribution in [-0.4, -0.2) is 16.7 Å². The number of unbranched alkanes of at least 4 members (excludes halogenated alkanes) is 2. The van der Waals surface area contributed by atoms with E-state index in [0.717, 1.165) is 19.3 Å². The van der Waals surface area contributed by atoms with Crippen molar-refractivity contribution in [2.45, 2.75) is 38.6 Å². The third kappa shape index (κ3) is 3.98. The van der Waals surface area contributed by atoms with Crippen LogP contribution >= 0.6 is 0 Å². The number of carbonyl (C=O) groups is 1. The van der Waals surface area contributed by atoms with Crippen molar-refractivity contribution >= 4 is 5.78 Å². The van der Waals surface area contributed by atoms with E-state index in [2.05, 4.69) is 0 Å². The van der Waals surface area contributed by atoms with Crippen molar-refractivity contribution in [3.8, 4) is 0 Å². The molecule has 0 fully saturated rings. The highest BCUT2D eigenvalue weighted by Gasteiger charge is 2.29. The molecule has 1 unspecified atom stereocenters. The summed E-state index contributed by atoms with van der Waals surface area (Å²) in [5, 5.41) is 10.9. The lowest BCUT2D eigenvalue weighted by atomic mass is 9.99. The fraction of sp³-hybridized carbons (Fsp3) is 0.462. The van der Waals surface area contributed by atoms with Crippen molar-refractivity contribution in [1.82, 2.24) is 0 Å². The molecule has 0 aliphatic carbocycles. The molecule has 4 nitrogen and oxygen atoms in total. The van der Waals surface area contributed by atoms with Gasteiger partial charge in [-0.25, -0.2) is 0 Å². The van der Waals surface area contributed by atoms with Crippen molar-refractivity contribution in [2.24, 2.45) is 0 Å². The number of hydrogen-bond donors (Lipinski definition) is 0. The Morgan fingerprint density at radius 3 is 2.47 bits per heavy atom. The molecule has 0 bridgehead atoms. The standard InChI is InChI=1S/C13H17NO3/c1-2-3-5-10-12(14(16)17)13(15)11-8-6-4-7-9-11/h4,6-9,12H,2-3,5,10H2,1H3. The smallest absolute Gasteiger partial charge is 0.274 e. The zero-order chi connectivity index (χ0) is 12.7. The monoisotopic (exact) mass is 235 g/mol. The van der Waals surface area contributed by atoms with Crippen molar-refractivity contribution in [3.05, 3.63) is 46.0 Å². The van der Waals surface area contributed by atoms with Gasteiger partial charge in [-0.1, -0.05) is 50.1 Å². The van der Waals surface area contributed by atoms with Gasteiger partial charge in [0.05, 0.1) is 0 Å². The summed E-state index contributed by atoms with van der Waals surface area (Å²) >= 11 is 0. The number of hydrogen-bond acceptors (Lipinski definition) is 3. The molecule has 1 aromatic carbocycles. The Bertz CT molecular complexity index is 376. The number of nitro groups is 1. The van der Waals surface area contributed by atoms with Crippen LogP contribution in [0.15, 0.2) is 30.3 Å². The Morgan fingerprint density at radius 2 is 1.94 bits per heavy atom. The Kier molecular flexibility index (Phi) is 5.33. The molecule has 92 valence electrons. The van der Waals surface area contributed by atoms with Gasteiger partial charge in [0, 0.05) is 16.9 Å². The average molecular weight is 235 g/mol. The van der Waals surface area contributed by atoms with E-state index >= 15 is 0 Å². The van der Waals surface area contributed by atoms with Crippen LogP contribution in [0.2, 0.25) is 0 Å². The van der Waals surface area contributed by atoms with Crippen LogP contribution in [0.3, 0.4) is 0 Å². The summed E-state index contributed by atoms with van der Waals surface area (Å²) in [6, 6.07) is 7.38. The molecule has 0 N–H and O–H groups in total. The van der Waals surface area contributed by atoms with E-state index in [1.807, 2.05) is 6.92 Å². The van der Waals surface area contributed by atoms with E-state index in [9.17, 15) is 14.9 Å². The van der Waals surface area contributed by atoms with E-state index in [1.54, 1.807) is 30.3 Å². The molecular formula is C13H17NO3. The minimum Gasteiger partial charge on any atom is -0.286 e. The highest BCUT2D eigenvalue weighted by molar-refractivity contribution is 5.99. The third-order valence-corrected chi connectivity index (χ3v) is 2.70. The largest absolute Gasteiger partial charge is 0.286 e. The van der Waals surface area contributed by atoms with Crippen LogP contribution in [0.1, 0.15) is 43.0 Å². The molecule has 1 atom stereocenters. The predicted octanol–water partition coefficient (Wildman–Crippen LogP) is 3.09. The number of nitrogens with zero attached hydrogens (tertiary/aromatic N) is 1. The zero-order valence-corrected chi connectivity index (χ0v) is 9.96. The Hall–Kier alpha value is -1.71. The van der Waals surface area contributed by atoms with Gasteiger partial charge in [0.1, 0.15) is 0 Å². The van der Waals surface area contributed by atoms with E-state index in [1.165, 1.54) is 0 Å². The maximum Gasteiger partial charge on any atom is 0.274 e. The first-order valence-electron chi connectivity index (χ1n) is 5.89. The van der Waals surface area contributed by atoms with Gasteiger partial charge < -0.3 is 0 Å². The molecule has 0 aromatic heterocycles. The zero-order valence-electron chi connectivity index (χ0n) is 9.96. The maximum absolute atomic E-state index is 11.9. The van der Waals surface area contributed by atoms with Crippen molar-refractivity contribution in [2.75, 3.05) is 0 Å². The van der Waals surface area contributed by atoms with Gasteiger partial charge in [0.2, 0.25) is 5.78 Å². The van der Waals surface area contributed by atoms with E-state index in [4.69, 9.17) is 0 Å². The first kappa shape index (κ1) is 13.4. The number of benzene rings is 1. The lowest BCUT2D eigenvalue weighted by Gasteiger charge is -2.08. The number of ketones is 1. The number of Topliss-reactive ketones (excluding diaryl/α,β-unsaturated/α-hetero) is 1. The molecule has 0 radical (unpaired) electrons. The lowest BCUT2D eigenvalue weighted by Crippen LogP contribution is -2.29. The summed E-state index contributed by atoms with van der Waals surface area (Å²) in [6.45, 7) is 2.03. The van der Waals surface area contributed by atoms with Gasteiger partial charge in [-0.3, -0.25) is 14.9 Å². The SMILES string of the molecule is CCCCCC(C(=O)c1ccccc1)[N+](=O)[O-]. The summed E-state index contributed by atoms with van der Waals surface area (Å²) in [4.78, 5) is 22.4. The molecule has 0 saturated heterocycles. The van der Waals surface area contributed by atoms with Gasteiger partial charge in [-0.15, -0.1) is 0 Å². The number of rotatable bonds is 7. The van der Waals surface area contributed by atoms with Crippen LogP contribution in [0.25, 0.3) is 0 Å². The van der Waals surface area contributed by atoms with Crippen LogP contribution < -0.4 is 0 Å². The van der Waals surface area contributed by atoms with E-state index < -0.39 is 11.0 Å². The quantitative estimate of drug-likeness (QED) is 0.316. The molecule has 0 heterocycles. The average Bonchev–Trinajstić information content (AvgIpc) is 2.34. The number of carbonyl (C=O) groups excluding carboxylic acids is 1. The van der Waals surface area contributed by atoms with Gasteiger partial charge >= 0.3 is 0 Å². The van der Waals surface area contributed by atoms with Crippen LogP contribution in [0.5, 0.6) is 0 Å². The van der Waals surface area contributed by atoms with Gasteiger partial charge in [0.15, 0.2) is 0 Å². The Balaban J connectivity index is 2.71. The van der Waals surface area contributed by atoms with Gasteiger partial charge in [-0.2, -0.15) is 0 Å². The highest BCUT2D eigenvalue weighted by Crippen LogP contribution is 2.12.